The molecule has 0 spiro atoms. The van der Waals surface area contributed by atoms with E-state index < -0.39 is 0 Å². The van der Waals surface area contributed by atoms with Crippen LogP contribution in [0.3, 0.4) is 0 Å². The van der Waals surface area contributed by atoms with E-state index in [9.17, 15) is 4.79 Å². The molecule has 27 heavy (non-hydrogen) atoms. The number of carbonyl (C=O) groups excluding carboxylic acids is 1. The molecule has 0 saturated carbocycles. The number of hydrogen-bond donors (Lipinski definition) is 1. The Kier molecular flexibility index (Phi) is 6.32. The summed E-state index contributed by atoms with van der Waals surface area (Å²) in [7, 11) is 4.71. The first kappa shape index (κ1) is 19.2. The zero-order valence-corrected chi connectivity index (χ0v) is 15.9. The maximum Gasteiger partial charge on any atom is 0.246 e. The summed E-state index contributed by atoms with van der Waals surface area (Å²) in [5.41, 5.74) is 3.15. The normalized spacial score (nSPS) is 18.0. The van der Waals surface area contributed by atoms with Crippen LogP contribution in [0.2, 0.25) is 0 Å². The van der Waals surface area contributed by atoms with Gasteiger partial charge in [-0.3, -0.25) is 4.79 Å². The quantitative estimate of drug-likeness (QED) is 0.773. The number of ether oxygens (including phenoxy) is 4. The summed E-state index contributed by atoms with van der Waals surface area (Å²) in [5, 5.41) is 3.03. The minimum atomic E-state index is -0.272. The average molecular weight is 371 g/mol. The molecule has 2 aromatic rings. The number of carbonyl (C=O) groups is 1. The van der Waals surface area contributed by atoms with Crippen LogP contribution in [0.1, 0.15) is 22.7 Å². The third-order valence-corrected chi connectivity index (χ3v) is 4.67. The van der Waals surface area contributed by atoms with Gasteiger partial charge in [-0.05, 0) is 28.8 Å². The van der Waals surface area contributed by atoms with Crippen LogP contribution in [-0.4, -0.2) is 39.9 Å². The van der Waals surface area contributed by atoms with Crippen molar-refractivity contribution in [3.8, 4) is 11.5 Å². The number of amides is 1. The van der Waals surface area contributed by atoms with Crippen LogP contribution < -0.4 is 14.8 Å². The second-order valence-electron chi connectivity index (χ2n) is 6.42. The second-order valence-corrected chi connectivity index (χ2v) is 6.42. The van der Waals surface area contributed by atoms with E-state index in [-0.39, 0.29) is 24.7 Å². The van der Waals surface area contributed by atoms with Crippen LogP contribution in [0.5, 0.6) is 11.5 Å². The van der Waals surface area contributed by atoms with E-state index in [0.29, 0.717) is 24.5 Å². The van der Waals surface area contributed by atoms with Crippen molar-refractivity contribution in [3.63, 3.8) is 0 Å². The van der Waals surface area contributed by atoms with Gasteiger partial charge in [0.1, 0.15) is 6.61 Å². The fraction of sp³-hybridized carbons (Fsp3) is 0.381. The van der Waals surface area contributed by atoms with Crippen molar-refractivity contribution in [2.75, 3.05) is 27.9 Å². The van der Waals surface area contributed by atoms with Crippen LogP contribution in [-0.2, 0) is 27.3 Å². The summed E-state index contributed by atoms with van der Waals surface area (Å²) in [4.78, 5) is 12.2. The fourth-order valence-electron chi connectivity index (χ4n) is 3.39. The van der Waals surface area contributed by atoms with Crippen molar-refractivity contribution < 1.29 is 23.7 Å². The topological polar surface area (TPSA) is 66.0 Å². The van der Waals surface area contributed by atoms with Gasteiger partial charge in [-0.15, -0.1) is 0 Å². The van der Waals surface area contributed by atoms with Gasteiger partial charge in [-0.25, -0.2) is 0 Å². The van der Waals surface area contributed by atoms with Crippen LogP contribution in [0.25, 0.3) is 0 Å². The van der Waals surface area contributed by atoms with Gasteiger partial charge in [0, 0.05) is 13.5 Å². The number of fused-ring (bicyclic) bond motifs is 1. The molecule has 0 aromatic heterocycles. The molecule has 1 aliphatic rings. The van der Waals surface area contributed by atoms with Gasteiger partial charge in [-0.1, -0.05) is 30.3 Å². The molecular weight excluding hydrogens is 346 g/mol. The molecule has 0 fully saturated rings. The first-order valence-electron chi connectivity index (χ1n) is 8.85. The van der Waals surface area contributed by atoms with E-state index in [1.807, 2.05) is 42.5 Å². The van der Waals surface area contributed by atoms with Crippen molar-refractivity contribution in [1.29, 1.82) is 0 Å². The molecule has 1 N–H and O–H groups in total. The lowest BCUT2D eigenvalue weighted by atomic mass is 10.1. The molecule has 3 rings (SSSR count). The Morgan fingerprint density at radius 2 is 1.78 bits per heavy atom. The molecule has 0 aliphatic heterocycles. The van der Waals surface area contributed by atoms with E-state index in [0.717, 1.165) is 16.7 Å². The summed E-state index contributed by atoms with van der Waals surface area (Å²) < 4.78 is 22.0. The van der Waals surface area contributed by atoms with E-state index in [1.54, 1.807) is 14.2 Å². The Balaban J connectivity index is 1.84. The van der Waals surface area contributed by atoms with Crippen molar-refractivity contribution in [2.24, 2.45) is 0 Å². The zero-order valence-electron chi connectivity index (χ0n) is 15.9. The first-order valence-corrected chi connectivity index (χ1v) is 8.85. The Labute approximate surface area is 159 Å². The Morgan fingerprint density at radius 3 is 2.44 bits per heavy atom. The van der Waals surface area contributed by atoms with Crippen LogP contribution in [0, 0.1) is 0 Å². The number of hydrogen-bond acceptors (Lipinski definition) is 5. The SMILES string of the molecule is COCC(=O)N[C@@H]1c2cc(OC)c(OC)cc2C[C@H]1OCc1ccccc1. The zero-order chi connectivity index (χ0) is 19.2. The number of nitrogens with one attached hydrogen (secondary N) is 1. The number of methoxy groups -OCH3 is 3. The lowest BCUT2D eigenvalue weighted by Gasteiger charge is -2.23. The van der Waals surface area contributed by atoms with Crippen molar-refractivity contribution in [1.82, 2.24) is 5.32 Å². The van der Waals surface area contributed by atoms with Gasteiger partial charge in [0.05, 0.1) is 33.0 Å². The van der Waals surface area contributed by atoms with E-state index in [2.05, 4.69) is 5.32 Å². The predicted molar refractivity (Wildman–Crippen MR) is 101 cm³/mol. The third kappa shape index (κ3) is 4.40. The van der Waals surface area contributed by atoms with Crippen LogP contribution in [0.15, 0.2) is 42.5 Å². The van der Waals surface area contributed by atoms with E-state index >= 15 is 0 Å². The maximum absolute atomic E-state index is 12.2. The molecule has 0 unspecified atom stereocenters. The first-order chi connectivity index (χ1) is 13.2. The molecule has 1 amide bonds. The molecule has 0 heterocycles. The summed E-state index contributed by atoms with van der Waals surface area (Å²) in [6, 6.07) is 13.6. The molecule has 0 saturated heterocycles. The lowest BCUT2D eigenvalue weighted by molar-refractivity contribution is -0.126. The van der Waals surface area contributed by atoms with Gasteiger partial charge >= 0.3 is 0 Å². The minimum absolute atomic E-state index is 0.00449. The molecule has 1 aliphatic carbocycles. The Bertz CT molecular complexity index is 778. The number of benzene rings is 2. The highest BCUT2D eigenvalue weighted by Gasteiger charge is 2.35. The van der Waals surface area contributed by atoms with Crippen molar-refractivity contribution >= 4 is 5.91 Å². The average Bonchev–Trinajstić information content (AvgIpc) is 3.02. The predicted octanol–water partition coefficient (Wildman–Crippen LogP) is 2.65. The number of rotatable bonds is 8. The van der Waals surface area contributed by atoms with Crippen molar-refractivity contribution in [2.45, 2.75) is 25.2 Å². The molecule has 0 bridgehead atoms. The summed E-state index contributed by atoms with van der Waals surface area (Å²) in [6.07, 6.45) is 0.498. The second kappa shape index (κ2) is 8.88. The highest BCUT2D eigenvalue weighted by atomic mass is 16.5. The van der Waals surface area contributed by atoms with Crippen molar-refractivity contribution in [3.05, 3.63) is 59.2 Å². The minimum Gasteiger partial charge on any atom is -0.493 e. The third-order valence-electron chi connectivity index (χ3n) is 4.67. The molecular formula is C21H25NO5. The Hall–Kier alpha value is -2.57. The van der Waals surface area contributed by atoms with E-state index in [1.165, 1.54) is 7.11 Å². The molecule has 2 atom stereocenters. The van der Waals surface area contributed by atoms with E-state index in [4.69, 9.17) is 18.9 Å². The Morgan fingerprint density at radius 1 is 1.07 bits per heavy atom. The smallest absolute Gasteiger partial charge is 0.246 e. The summed E-state index contributed by atoms with van der Waals surface area (Å²) >= 11 is 0. The standard InChI is InChI=1S/C21H25NO5/c1-24-13-20(23)22-21-16-11-18(26-3)17(25-2)9-15(16)10-19(21)27-12-14-7-5-4-6-8-14/h4-9,11,19,21H,10,12-13H2,1-3H3,(H,22,23)/t19-,21-/m1/s1. The lowest BCUT2D eigenvalue weighted by Crippen LogP contribution is -2.37. The van der Waals surface area contributed by atoms with Gasteiger partial charge < -0.3 is 24.3 Å². The van der Waals surface area contributed by atoms with Gasteiger partial charge in [0.15, 0.2) is 11.5 Å². The summed E-state index contributed by atoms with van der Waals surface area (Å²) in [5.74, 6) is 1.12. The highest BCUT2D eigenvalue weighted by Crippen LogP contribution is 2.40. The maximum atomic E-state index is 12.2. The molecule has 6 heteroatoms. The molecule has 0 radical (unpaired) electrons. The fourth-order valence-corrected chi connectivity index (χ4v) is 3.39. The van der Waals surface area contributed by atoms with Gasteiger partial charge in [-0.2, -0.15) is 0 Å². The summed E-state index contributed by atoms with van der Waals surface area (Å²) in [6.45, 7) is 0.481. The molecule has 2 aromatic carbocycles. The molecule has 144 valence electrons. The molecule has 6 nitrogen and oxygen atoms in total. The van der Waals surface area contributed by atoms with Gasteiger partial charge in [0.25, 0.3) is 0 Å². The highest BCUT2D eigenvalue weighted by molar-refractivity contribution is 5.78. The largest absolute Gasteiger partial charge is 0.493 e. The monoisotopic (exact) mass is 371 g/mol. The van der Waals surface area contributed by atoms with Crippen LogP contribution in [0.4, 0.5) is 0 Å². The van der Waals surface area contributed by atoms with Crippen LogP contribution >= 0.6 is 0 Å². The van der Waals surface area contributed by atoms with Gasteiger partial charge in [0.2, 0.25) is 5.91 Å².